The first kappa shape index (κ1) is 12.8. The molecule has 1 amide bonds. The predicted molar refractivity (Wildman–Crippen MR) is 72.9 cm³/mol. The normalized spacial score (nSPS) is 10.3. The lowest BCUT2D eigenvalue weighted by Gasteiger charge is -2.05. The molecule has 3 N–H and O–H groups in total. The van der Waals surface area contributed by atoms with Gasteiger partial charge in [0.15, 0.2) is 0 Å². The Labute approximate surface area is 113 Å². The van der Waals surface area contributed by atoms with E-state index < -0.39 is 0 Å². The topological polar surface area (TPSA) is 72.9 Å². The van der Waals surface area contributed by atoms with Crippen molar-refractivity contribution < 1.29 is 4.79 Å². The monoisotopic (exact) mass is 308 g/mol. The van der Waals surface area contributed by atoms with Crippen LogP contribution >= 0.6 is 15.9 Å². The molecule has 0 saturated carbocycles. The van der Waals surface area contributed by atoms with Crippen LogP contribution in [-0.4, -0.2) is 15.5 Å². The van der Waals surface area contributed by atoms with Gasteiger partial charge in [-0.2, -0.15) is 0 Å². The number of carbonyl (C=O) groups excluding carboxylic acids is 1. The molecule has 0 aliphatic heterocycles. The van der Waals surface area contributed by atoms with Gasteiger partial charge in [0.05, 0.1) is 12.0 Å². The molecule has 0 unspecified atom stereocenters. The zero-order valence-corrected chi connectivity index (χ0v) is 11.2. The summed E-state index contributed by atoms with van der Waals surface area (Å²) in [5.74, 6) is -0.0988. The molecule has 0 aliphatic rings. The van der Waals surface area contributed by atoms with Gasteiger partial charge in [0.1, 0.15) is 6.54 Å². The molecule has 0 aliphatic carbocycles. The summed E-state index contributed by atoms with van der Waals surface area (Å²) in [4.78, 5) is 15.8. The molecular formula is C12H13BrN4O. The summed E-state index contributed by atoms with van der Waals surface area (Å²) in [5, 5.41) is 2.81. The van der Waals surface area contributed by atoms with Crippen molar-refractivity contribution >= 4 is 27.5 Å². The quantitative estimate of drug-likeness (QED) is 0.903. The maximum Gasteiger partial charge on any atom is 0.244 e. The first-order valence-corrected chi connectivity index (χ1v) is 6.23. The fourth-order valence-corrected chi connectivity index (χ4v) is 1.76. The van der Waals surface area contributed by atoms with Crippen molar-refractivity contribution in [3.8, 4) is 0 Å². The summed E-state index contributed by atoms with van der Waals surface area (Å²) in [5.41, 5.74) is 6.99. The smallest absolute Gasteiger partial charge is 0.244 e. The number of carbonyl (C=O) groups is 1. The van der Waals surface area contributed by atoms with Crippen molar-refractivity contribution in [3.05, 3.63) is 47.0 Å². The van der Waals surface area contributed by atoms with E-state index in [9.17, 15) is 4.79 Å². The zero-order valence-electron chi connectivity index (χ0n) is 9.64. The van der Waals surface area contributed by atoms with Crippen molar-refractivity contribution in [2.24, 2.45) is 5.73 Å². The van der Waals surface area contributed by atoms with Gasteiger partial charge in [0.2, 0.25) is 5.91 Å². The Morgan fingerprint density at radius 2 is 2.11 bits per heavy atom. The minimum atomic E-state index is -0.0988. The number of rotatable bonds is 4. The molecule has 0 spiro atoms. The second-order valence-corrected chi connectivity index (χ2v) is 4.71. The lowest BCUT2D eigenvalue weighted by Crippen LogP contribution is -2.17. The van der Waals surface area contributed by atoms with E-state index >= 15 is 0 Å². The number of nitrogens with one attached hydrogen (secondary N) is 1. The largest absolute Gasteiger partial charge is 0.328 e. The molecule has 18 heavy (non-hydrogen) atoms. The Morgan fingerprint density at radius 1 is 1.39 bits per heavy atom. The zero-order chi connectivity index (χ0) is 13.0. The molecule has 1 aromatic heterocycles. The van der Waals surface area contributed by atoms with Crippen LogP contribution in [0, 0.1) is 0 Å². The molecule has 0 bridgehead atoms. The summed E-state index contributed by atoms with van der Waals surface area (Å²) in [7, 11) is 0. The van der Waals surface area contributed by atoms with E-state index in [1.54, 1.807) is 17.1 Å². The molecule has 0 fully saturated rings. The number of halogens is 1. The summed E-state index contributed by atoms with van der Waals surface area (Å²) >= 11 is 3.34. The van der Waals surface area contributed by atoms with E-state index in [4.69, 9.17) is 5.73 Å². The van der Waals surface area contributed by atoms with Crippen LogP contribution < -0.4 is 11.1 Å². The number of amides is 1. The highest BCUT2D eigenvalue weighted by Crippen LogP contribution is 2.14. The molecule has 94 valence electrons. The number of aromatic nitrogens is 2. The standard InChI is InChI=1S/C12H13BrN4O/c13-9-1-3-10(4-2-9)16-12(18)7-17-6-11(5-14)15-8-17/h1-4,6,8H,5,7,14H2,(H,16,18). The van der Waals surface area contributed by atoms with Gasteiger partial charge in [0.25, 0.3) is 0 Å². The lowest BCUT2D eigenvalue weighted by atomic mass is 10.3. The molecule has 0 radical (unpaired) electrons. The van der Waals surface area contributed by atoms with Crippen LogP contribution in [0.4, 0.5) is 5.69 Å². The average Bonchev–Trinajstić information content (AvgIpc) is 2.79. The molecule has 6 heteroatoms. The number of hydrogen-bond donors (Lipinski definition) is 2. The van der Waals surface area contributed by atoms with E-state index in [2.05, 4.69) is 26.2 Å². The maximum atomic E-state index is 11.8. The second kappa shape index (κ2) is 5.79. The number of benzene rings is 1. The van der Waals surface area contributed by atoms with Crippen LogP contribution in [0.5, 0.6) is 0 Å². The highest BCUT2D eigenvalue weighted by atomic mass is 79.9. The van der Waals surface area contributed by atoms with Crippen LogP contribution in [0.2, 0.25) is 0 Å². The van der Waals surface area contributed by atoms with Gasteiger partial charge in [-0.3, -0.25) is 4.79 Å². The van der Waals surface area contributed by atoms with Gasteiger partial charge in [-0.25, -0.2) is 4.98 Å². The third kappa shape index (κ3) is 3.41. The number of anilines is 1. The van der Waals surface area contributed by atoms with Gasteiger partial charge in [-0.15, -0.1) is 0 Å². The maximum absolute atomic E-state index is 11.8. The van der Waals surface area contributed by atoms with E-state index in [-0.39, 0.29) is 12.5 Å². The lowest BCUT2D eigenvalue weighted by molar-refractivity contribution is -0.116. The van der Waals surface area contributed by atoms with E-state index in [1.807, 2.05) is 24.3 Å². The Kier molecular flexibility index (Phi) is 4.11. The molecule has 1 aromatic carbocycles. The predicted octanol–water partition coefficient (Wildman–Crippen LogP) is 1.74. The highest BCUT2D eigenvalue weighted by molar-refractivity contribution is 9.10. The minimum Gasteiger partial charge on any atom is -0.328 e. The number of nitrogens with two attached hydrogens (primary N) is 1. The summed E-state index contributed by atoms with van der Waals surface area (Å²) in [6.07, 6.45) is 3.37. The molecule has 2 rings (SSSR count). The fraction of sp³-hybridized carbons (Fsp3) is 0.167. The third-order valence-electron chi connectivity index (χ3n) is 2.35. The second-order valence-electron chi connectivity index (χ2n) is 3.80. The van der Waals surface area contributed by atoms with Crippen molar-refractivity contribution in [1.29, 1.82) is 0 Å². The molecule has 2 aromatic rings. The fourth-order valence-electron chi connectivity index (χ4n) is 1.50. The first-order chi connectivity index (χ1) is 8.67. The average molecular weight is 309 g/mol. The van der Waals surface area contributed by atoms with Crippen molar-refractivity contribution in [3.63, 3.8) is 0 Å². The Bertz CT molecular complexity index is 535. The SMILES string of the molecule is NCc1cn(CC(=O)Nc2ccc(Br)cc2)cn1. The van der Waals surface area contributed by atoms with Gasteiger partial charge in [-0.1, -0.05) is 15.9 Å². The Morgan fingerprint density at radius 3 is 2.72 bits per heavy atom. The molecule has 0 saturated heterocycles. The number of nitrogens with zero attached hydrogens (tertiary/aromatic N) is 2. The number of hydrogen-bond acceptors (Lipinski definition) is 3. The van der Waals surface area contributed by atoms with E-state index in [0.29, 0.717) is 6.54 Å². The van der Waals surface area contributed by atoms with Crippen LogP contribution in [0.15, 0.2) is 41.3 Å². The van der Waals surface area contributed by atoms with Crippen LogP contribution in [0.1, 0.15) is 5.69 Å². The Balaban J connectivity index is 1.94. The van der Waals surface area contributed by atoms with Crippen molar-refractivity contribution in [1.82, 2.24) is 9.55 Å². The van der Waals surface area contributed by atoms with Crippen molar-refractivity contribution in [2.75, 3.05) is 5.32 Å². The summed E-state index contributed by atoms with van der Waals surface area (Å²) in [6.45, 7) is 0.602. The molecule has 5 nitrogen and oxygen atoms in total. The van der Waals surface area contributed by atoms with Crippen molar-refractivity contribution in [2.45, 2.75) is 13.1 Å². The van der Waals surface area contributed by atoms with Gasteiger partial charge < -0.3 is 15.6 Å². The van der Waals surface area contributed by atoms with Crippen LogP contribution in [0.25, 0.3) is 0 Å². The first-order valence-electron chi connectivity index (χ1n) is 5.43. The molecular weight excluding hydrogens is 296 g/mol. The number of imidazole rings is 1. The van der Waals surface area contributed by atoms with Gasteiger partial charge in [0, 0.05) is 22.9 Å². The summed E-state index contributed by atoms with van der Waals surface area (Å²) < 4.78 is 2.68. The molecule has 1 heterocycles. The van der Waals surface area contributed by atoms with Crippen LogP contribution in [0.3, 0.4) is 0 Å². The van der Waals surface area contributed by atoms with Crippen LogP contribution in [-0.2, 0) is 17.9 Å². The van der Waals surface area contributed by atoms with E-state index in [0.717, 1.165) is 15.9 Å². The van der Waals surface area contributed by atoms with E-state index in [1.165, 1.54) is 0 Å². The third-order valence-corrected chi connectivity index (χ3v) is 2.88. The minimum absolute atomic E-state index is 0.0988. The highest BCUT2D eigenvalue weighted by Gasteiger charge is 2.04. The van der Waals surface area contributed by atoms with Gasteiger partial charge in [-0.05, 0) is 24.3 Å². The molecule has 0 atom stereocenters. The van der Waals surface area contributed by atoms with Gasteiger partial charge >= 0.3 is 0 Å². The Hall–Kier alpha value is -1.66. The summed E-state index contributed by atoms with van der Waals surface area (Å²) in [6, 6.07) is 7.42.